The van der Waals surface area contributed by atoms with Crippen LogP contribution in [-0.4, -0.2) is 18.8 Å². The third-order valence-electron chi connectivity index (χ3n) is 3.99. The van der Waals surface area contributed by atoms with Gasteiger partial charge in [0.05, 0.1) is 0 Å². The van der Waals surface area contributed by atoms with Crippen molar-refractivity contribution >= 4 is 15.9 Å². The second-order valence-corrected chi connectivity index (χ2v) is 7.01. The van der Waals surface area contributed by atoms with Crippen LogP contribution in [0.25, 0.3) is 0 Å². The Morgan fingerprint density at radius 2 is 1.70 bits per heavy atom. The van der Waals surface area contributed by atoms with Crippen LogP contribution < -0.4 is 0 Å². The van der Waals surface area contributed by atoms with E-state index in [-0.39, 0.29) is 22.7 Å². The summed E-state index contributed by atoms with van der Waals surface area (Å²) in [5, 5.41) is 0. The lowest BCUT2D eigenvalue weighted by Crippen LogP contribution is -2.10. The van der Waals surface area contributed by atoms with Gasteiger partial charge in [-0.1, -0.05) is 50.2 Å². The Labute approximate surface area is 136 Å². The minimum atomic E-state index is -4.41. The van der Waals surface area contributed by atoms with Crippen LogP contribution in [0.5, 0.6) is 0 Å². The molecule has 1 unspecified atom stereocenters. The zero-order valence-electron chi connectivity index (χ0n) is 13.2. The molecule has 2 aromatic rings. The van der Waals surface area contributed by atoms with Gasteiger partial charge in [-0.3, -0.25) is 9.35 Å². The third kappa shape index (κ3) is 4.27. The molecule has 0 spiro atoms. The Morgan fingerprint density at radius 1 is 1.09 bits per heavy atom. The van der Waals surface area contributed by atoms with Crippen LogP contribution in [0, 0.1) is 0 Å². The first-order chi connectivity index (χ1) is 10.8. The minimum Gasteiger partial charge on any atom is -0.294 e. The van der Waals surface area contributed by atoms with Crippen LogP contribution in [-0.2, 0) is 16.5 Å². The number of hydrogen-bond donors (Lipinski definition) is 1. The summed E-state index contributed by atoms with van der Waals surface area (Å²) in [4.78, 5) is 12.0. The van der Waals surface area contributed by atoms with E-state index in [1.54, 1.807) is 6.07 Å². The maximum absolute atomic E-state index is 12.4. The van der Waals surface area contributed by atoms with Gasteiger partial charge < -0.3 is 0 Å². The standard InChI is InChI=1S/C18H20O4S/c1-3-13(2)15-10-8-14(9-11-15)12-17(19)16-6-4-5-7-18(16)23(20,21)22/h4-11,13H,3,12H2,1-2H3,(H,20,21,22). The van der Waals surface area contributed by atoms with Gasteiger partial charge in [0, 0.05) is 12.0 Å². The number of ketones is 1. The third-order valence-corrected chi connectivity index (χ3v) is 4.90. The molecule has 0 saturated heterocycles. The predicted molar refractivity (Wildman–Crippen MR) is 89.4 cm³/mol. The van der Waals surface area contributed by atoms with Gasteiger partial charge >= 0.3 is 0 Å². The predicted octanol–water partition coefficient (Wildman–Crippen LogP) is 3.87. The van der Waals surface area contributed by atoms with Crippen molar-refractivity contribution in [2.45, 2.75) is 37.5 Å². The summed E-state index contributed by atoms with van der Waals surface area (Å²) < 4.78 is 32.0. The first kappa shape index (κ1) is 17.4. The second-order valence-electron chi connectivity index (χ2n) is 5.62. The lowest BCUT2D eigenvalue weighted by molar-refractivity contribution is 0.0989. The molecule has 122 valence electrons. The van der Waals surface area contributed by atoms with E-state index in [0.717, 1.165) is 12.0 Å². The van der Waals surface area contributed by atoms with Crippen LogP contribution in [0.15, 0.2) is 53.4 Å². The lowest BCUT2D eigenvalue weighted by atomic mass is 9.96. The molecule has 0 aliphatic heterocycles. The van der Waals surface area contributed by atoms with E-state index < -0.39 is 10.1 Å². The van der Waals surface area contributed by atoms with Gasteiger partial charge in [-0.05, 0) is 35.6 Å². The van der Waals surface area contributed by atoms with E-state index in [2.05, 4.69) is 13.8 Å². The summed E-state index contributed by atoms with van der Waals surface area (Å²) in [5.74, 6) is 0.120. The van der Waals surface area contributed by atoms with E-state index >= 15 is 0 Å². The highest BCUT2D eigenvalue weighted by Gasteiger charge is 2.19. The fraction of sp³-hybridized carbons (Fsp3) is 0.278. The SMILES string of the molecule is CCC(C)c1ccc(CC(=O)c2ccccc2S(=O)(=O)O)cc1. The first-order valence-corrected chi connectivity index (χ1v) is 8.95. The van der Waals surface area contributed by atoms with Crippen LogP contribution >= 0.6 is 0 Å². The number of benzene rings is 2. The highest BCUT2D eigenvalue weighted by atomic mass is 32.2. The molecule has 0 fully saturated rings. The van der Waals surface area contributed by atoms with Gasteiger partial charge in [0.2, 0.25) is 0 Å². The number of hydrogen-bond acceptors (Lipinski definition) is 3. The molecule has 1 N–H and O–H groups in total. The largest absolute Gasteiger partial charge is 0.295 e. The van der Waals surface area contributed by atoms with Crippen molar-refractivity contribution in [2.24, 2.45) is 0 Å². The Bertz CT molecular complexity index is 792. The van der Waals surface area contributed by atoms with Crippen molar-refractivity contribution in [3.8, 4) is 0 Å². The smallest absolute Gasteiger partial charge is 0.294 e. The van der Waals surface area contributed by atoms with Gasteiger partial charge in [0.15, 0.2) is 5.78 Å². The van der Waals surface area contributed by atoms with Crippen molar-refractivity contribution in [1.82, 2.24) is 0 Å². The summed E-state index contributed by atoms with van der Waals surface area (Å²) >= 11 is 0. The molecule has 0 amide bonds. The van der Waals surface area contributed by atoms with Crippen molar-refractivity contribution in [2.75, 3.05) is 0 Å². The summed E-state index contributed by atoms with van der Waals surface area (Å²) in [5.41, 5.74) is 2.04. The maximum Gasteiger partial charge on any atom is 0.295 e. The average Bonchev–Trinajstić information content (AvgIpc) is 2.54. The highest BCUT2D eigenvalue weighted by Crippen LogP contribution is 2.21. The molecular weight excluding hydrogens is 312 g/mol. The van der Waals surface area contributed by atoms with Gasteiger partial charge in [0.25, 0.3) is 10.1 Å². The van der Waals surface area contributed by atoms with E-state index in [4.69, 9.17) is 0 Å². The number of carbonyl (C=O) groups excluding carboxylic acids is 1. The van der Waals surface area contributed by atoms with Crippen LogP contribution in [0.1, 0.15) is 47.7 Å². The summed E-state index contributed by atoms with van der Waals surface area (Å²) in [6.07, 6.45) is 1.13. The molecule has 0 radical (unpaired) electrons. The van der Waals surface area contributed by atoms with Crippen molar-refractivity contribution in [3.63, 3.8) is 0 Å². The minimum absolute atomic E-state index is 0.0148. The molecular formula is C18H20O4S. The molecule has 0 aromatic heterocycles. The molecule has 5 heteroatoms. The molecule has 0 saturated carbocycles. The number of carbonyl (C=O) groups is 1. The van der Waals surface area contributed by atoms with Gasteiger partial charge in [0.1, 0.15) is 4.90 Å². The second kappa shape index (κ2) is 7.06. The van der Waals surface area contributed by atoms with Gasteiger partial charge in [-0.25, -0.2) is 0 Å². The lowest BCUT2D eigenvalue weighted by Gasteiger charge is -2.10. The molecule has 1 atom stereocenters. The fourth-order valence-corrected chi connectivity index (χ4v) is 3.11. The molecule has 0 aliphatic rings. The van der Waals surface area contributed by atoms with Crippen LogP contribution in [0.3, 0.4) is 0 Å². The van der Waals surface area contributed by atoms with E-state index in [1.165, 1.54) is 23.8 Å². The normalized spacial score (nSPS) is 12.8. The Balaban J connectivity index is 2.23. The van der Waals surface area contributed by atoms with Crippen molar-refractivity contribution in [3.05, 3.63) is 65.2 Å². The topological polar surface area (TPSA) is 71.4 Å². The Morgan fingerprint density at radius 3 is 2.26 bits per heavy atom. The molecule has 0 aliphatic carbocycles. The van der Waals surface area contributed by atoms with E-state index in [9.17, 15) is 17.8 Å². The molecule has 0 heterocycles. The van der Waals surface area contributed by atoms with E-state index in [1.807, 2.05) is 24.3 Å². The molecule has 23 heavy (non-hydrogen) atoms. The Hall–Kier alpha value is -1.98. The summed E-state index contributed by atoms with van der Waals surface area (Å²) in [6, 6.07) is 13.4. The monoisotopic (exact) mass is 332 g/mol. The summed E-state index contributed by atoms with van der Waals surface area (Å²) in [7, 11) is -4.41. The van der Waals surface area contributed by atoms with Gasteiger partial charge in [-0.15, -0.1) is 0 Å². The quantitative estimate of drug-likeness (QED) is 0.644. The van der Waals surface area contributed by atoms with Crippen LogP contribution in [0.4, 0.5) is 0 Å². The number of rotatable bonds is 6. The fourth-order valence-electron chi connectivity index (χ4n) is 2.40. The Kier molecular flexibility index (Phi) is 5.34. The van der Waals surface area contributed by atoms with Crippen molar-refractivity contribution < 1.29 is 17.8 Å². The number of Topliss-reactive ketones (excluding diaryl/α,β-unsaturated/α-hetero) is 1. The zero-order chi connectivity index (χ0) is 17.0. The van der Waals surface area contributed by atoms with Crippen molar-refractivity contribution in [1.29, 1.82) is 0 Å². The molecule has 2 aromatic carbocycles. The molecule has 2 rings (SSSR count). The first-order valence-electron chi connectivity index (χ1n) is 7.51. The van der Waals surface area contributed by atoms with Crippen LogP contribution in [0.2, 0.25) is 0 Å². The maximum atomic E-state index is 12.4. The summed E-state index contributed by atoms with van der Waals surface area (Å²) in [6.45, 7) is 4.26. The molecule has 4 nitrogen and oxygen atoms in total. The van der Waals surface area contributed by atoms with Gasteiger partial charge in [-0.2, -0.15) is 8.42 Å². The zero-order valence-corrected chi connectivity index (χ0v) is 14.0. The highest BCUT2D eigenvalue weighted by molar-refractivity contribution is 7.86. The average molecular weight is 332 g/mol. The van der Waals surface area contributed by atoms with E-state index in [0.29, 0.717) is 5.92 Å². The molecule has 0 bridgehead atoms.